The van der Waals surface area contributed by atoms with Crippen molar-refractivity contribution >= 4 is 11.9 Å². The highest BCUT2D eigenvalue weighted by molar-refractivity contribution is 5.82. The Morgan fingerprint density at radius 1 is 0.654 bits per heavy atom. The molecule has 0 bridgehead atoms. The Bertz CT molecular complexity index is 391. The van der Waals surface area contributed by atoms with Crippen molar-refractivity contribution < 1.29 is 19.1 Å². The molecule has 1 fully saturated rings. The summed E-state index contributed by atoms with van der Waals surface area (Å²) in [4.78, 5) is 25.9. The van der Waals surface area contributed by atoms with Gasteiger partial charge in [-0.05, 0) is 51.4 Å². The summed E-state index contributed by atoms with van der Waals surface area (Å²) in [5.74, 6) is -1.12. The van der Waals surface area contributed by atoms with E-state index in [1.165, 1.54) is 0 Å². The first-order chi connectivity index (χ1) is 12.4. The molecule has 0 N–H and O–H groups in total. The maximum absolute atomic E-state index is 12.9. The van der Waals surface area contributed by atoms with Crippen LogP contribution < -0.4 is 0 Å². The van der Waals surface area contributed by atoms with Crippen LogP contribution in [0.4, 0.5) is 0 Å². The molecular formula is C22H40O4. The number of hydrogen-bond donors (Lipinski definition) is 0. The van der Waals surface area contributed by atoms with Gasteiger partial charge in [0.2, 0.25) is 0 Å². The Hall–Kier alpha value is -1.06. The Morgan fingerprint density at radius 2 is 0.923 bits per heavy atom. The first kappa shape index (κ1) is 23.0. The third-order valence-electron chi connectivity index (χ3n) is 6.87. The van der Waals surface area contributed by atoms with Gasteiger partial charge in [0.25, 0.3) is 0 Å². The zero-order chi connectivity index (χ0) is 19.8. The van der Waals surface area contributed by atoms with E-state index < -0.39 is 11.2 Å². The van der Waals surface area contributed by atoms with E-state index in [1.807, 2.05) is 0 Å². The normalized spacial score (nSPS) is 21.3. The molecule has 0 heterocycles. The summed E-state index contributed by atoms with van der Waals surface area (Å²) in [5, 5.41) is 0. The predicted octanol–water partition coefficient (Wildman–Crippen LogP) is 5.82. The van der Waals surface area contributed by atoms with E-state index in [-0.39, 0.29) is 23.8 Å². The summed E-state index contributed by atoms with van der Waals surface area (Å²) in [7, 11) is 0. The smallest absolute Gasteiger partial charge is 0.310 e. The Labute approximate surface area is 160 Å². The average Bonchev–Trinajstić information content (AvgIpc) is 2.70. The van der Waals surface area contributed by atoms with Crippen molar-refractivity contribution in [1.82, 2.24) is 0 Å². The highest BCUT2D eigenvalue weighted by Crippen LogP contribution is 2.36. The second-order valence-corrected chi connectivity index (χ2v) is 7.83. The zero-order valence-corrected chi connectivity index (χ0v) is 17.9. The van der Waals surface area contributed by atoms with Crippen molar-refractivity contribution in [3.05, 3.63) is 0 Å². The van der Waals surface area contributed by atoms with E-state index >= 15 is 0 Å². The van der Waals surface area contributed by atoms with Crippen LogP contribution >= 0.6 is 0 Å². The molecule has 0 amide bonds. The number of rotatable bonds is 10. The third kappa shape index (κ3) is 5.23. The van der Waals surface area contributed by atoms with E-state index in [0.717, 1.165) is 64.2 Å². The standard InChI is InChI=1S/C22H40O4/c1-7-21(8-2,9-3)25-19(23)17-15-13-14-16-18(17)20(24)26-22(10-4,11-5)12-6/h17-18H,7-16H2,1-6H3. The monoisotopic (exact) mass is 368 g/mol. The summed E-state index contributed by atoms with van der Waals surface area (Å²) in [6, 6.07) is 0. The Balaban J connectivity index is 2.92. The maximum Gasteiger partial charge on any atom is 0.310 e. The fourth-order valence-electron chi connectivity index (χ4n) is 4.21. The van der Waals surface area contributed by atoms with Gasteiger partial charge in [-0.25, -0.2) is 0 Å². The fraction of sp³-hybridized carbons (Fsp3) is 0.909. The van der Waals surface area contributed by atoms with Gasteiger partial charge in [-0.2, -0.15) is 0 Å². The minimum absolute atomic E-state index is 0.202. The molecule has 0 aromatic carbocycles. The summed E-state index contributed by atoms with van der Waals surface area (Å²) in [6.45, 7) is 12.4. The fourth-order valence-corrected chi connectivity index (χ4v) is 4.21. The van der Waals surface area contributed by atoms with Crippen LogP contribution in [-0.4, -0.2) is 23.1 Å². The van der Waals surface area contributed by atoms with Crippen molar-refractivity contribution in [2.45, 2.75) is 117 Å². The van der Waals surface area contributed by atoms with Crippen LogP contribution in [0, 0.1) is 11.8 Å². The van der Waals surface area contributed by atoms with Gasteiger partial charge < -0.3 is 9.47 Å². The summed E-state index contributed by atoms with van der Waals surface area (Å²) in [6.07, 6.45) is 8.22. The zero-order valence-electron chi connectivity index (χ0n) is 17.9. The minimum Gasteiger partial charge on any atom is -0.459 e. The van der Waals surface area contributed by atoms with Crippen LogP contribution in [0.15, 0.2) is 0 Å². The van der Waals surface area contributed by atoms with Crippen LogP contribution in [0.5, 0.6) is 0 Å². The van der Waals surface area contributed by atoms with Gasteiger partial charge in [-0.3, -0.25) is 9.59 Å². The molecule has 4 heteroatoms. The van der Waals surface area contributed by atoms with Crippen LogP contribution in [0.1, 0.15) is 106 Å². The molecule has 0 radical (unpaired) electrons. The van der Waals surface area contributed by atoms with Crippen LogP contribution in [0.25, 0.3) is 0 Å². The number of carbonyl (C=O) groups is 2. The van der Waals surface area contributed by atoms with Gasteiger partial charge >= 0.3 is 11.9 Å². The van der Waals surface area contributed by atoms with E-state index in [0.29, 0.717) is 0 Å². The Kier molecular flexibility index (Phi) is 9.12. The second kappa shape index (κ2) is 10.3. The van der Waals surface area contributed by atoms with Crippen LogP contribution in [-0.2, 0) is 19.1 Å². The molecule has 4 nitrogen and oxygen atoms in total. The quantitative estimate of drug-likeness (QED) is 0.456. The summed E-state index contributed by atoms with van der Waals surface area (Å²) >= 11 is 0. The largest absolute Gasteiger partial charge is 0.459 e. The van der Waals surface area contributed by atoms with Gasteiger partial charge in [0.05, 0.1) is 11.8 Å². The van der Waals surface area contributed by atoms with Gasteiger partial charge in [0.15, 0.2) is 0 Å². The topological polar surface area (TPSA) is 52.6 Å². The maximum atomic E-state index is 12.9. The molecule has 0 aliphatic heterocycles. The van der Waals surface area contributed by atoms with Crippen molar-refractivity contribution in [3.8, 4) is 0 Å². The van der Waals surface area contributed by atoms with Gasteiger partial charge in [0, 0.05) is 0 Å². The Morgan fingerprint density at radius 3 is 1.15 bits per heavy atom. The lowest BCUT2D eigenvalue weighted by Gasteiger charge is -2.37. The second-order valence-electron chi connectivity index (χ2n) is 7.83. The van der Waals surface area contributed by atoms with Crippen LogP contribution in [0.2, 0.25) is 0 Å². The van der Waals surface area contributed by atoms with Crippen molar-refractivity contribution in [3.63, 3.8) is 0 Å². The van der Waals surface area contributed by atoms with Crippen molar-refractivity contribution in [2.24, 2.45) is 11.8 Å². The van der Waals surface area contributed by atoms with Crippen molar-refractivity contribution in [1.29, 1.82) is 0 Å². The summed E-state index contributed by atoms with van der Waals surface area (Å²) in [5.41, 5.74) is -0.800. The average molecular weight is 369 g/mol. The molecule has 2 unspecified atom stereocenters. The van der Waals surface area contributed by atoms with Gasteiger partial charge in [-0.1, -0.05) is 54.4 Å². The van der Waals surface area contributed by atoms with Gasteiger partial charge in [-0.15, -0.1) is 0 Å². The molecule has 0 aromatic rings. The minimum atomic E-state index is -0.400. The summed E-state index contributed by atoms with van der Waals surface area (Å²) < 4.78 is 11.9. The number of carbonyl (C=O) groups excluding carboxylic acids is 2. The highest BCUT2D eigenvalue weighted by Gasteiger charge is 2.42. The molecule has 1 aliphatic rings. The molecule has 0 saturated heterocycles. The molecule has 0 aromatic heterocycles. The SMILES string of the molecule is CCC(CC)(CC)OC(=O)C1CCCCC1C(=O)OC(CC)(CC)CC. The number of esters is 2. The molecule has 1 aliphatic carbocycles. The lowest BCUT2D eigenvalue weighted by Crippen LogP contribution is -2.43. The molecule has 152 valence electrons. The highest BCUT2D eigenvalue weighted by atomic mass is 16.6. The van der Waals surface area contributed by atoms with E-state index in [2.05, 4.69) is 41.5 Å². The van der Waals surface area contributed by atoms with E-state index in [4.69, 9.17) is 9.47 Å². The molecule has 2 atom stereocenters. The molecule has 0 spiro atoms. The third-order valence-corrected chi connectivity index (χ3v) is 6.87. The van der Waals surface area contributed by atoms with E-state index in [1.54, 1.807) is 0 Å². The first-order valence-electron chi connectivity index (χ1n) is 10.8. The molecular weight excluding hydrogens is 328 g/mol. The molecule has 26 heavy (non-hydrogen) atoms. The first-order valence-corrected chi connectivity index (χ1v) is 10.8. The van der Waals surface area contributed by atoms with Crippen molar-refractivity contribution in [2.75, 3.05) is 0 Å². The number of hydrogen-bond acceptors (Lipinski definition) is 4. The van der Waals surface area contributed by atoms with Crippen LogP contribution in [0.3, 0.4) is 0 Å². The predicted molar refractivity (Wildman–Crippen MR) is 105 cm³/mol. The van der Waals surface area contributed by atoms with E-state index in [9.17, 15) is 9.59 Å². The lowest BCUT2D eigenvalue weighted by atomic mass is 9.78. The molecule has 1 saturated carbocycles. The number of ether oxygens (including phenoxy) is 2. The van der Waals surface area contributed by atoms with Gasteiger partial charge in [0.1, 0.15) is 11.2 Å². The molecule has 1 rings (SSSR count). The lowest BCUT2D eigenvalue weighted by molar-refractivity contribution is -0.181.